The van der Waals surface area contributed by atoms with Gasteiger partial charge in [-0.25, -0.2) is 24.0 Å². The summed E-state index contributed by atoms with van der Waals surface area (Å²) in [4.78, 5) is 4.46. The molecule has 20 heavy (non-hydrogen) atoms. The number of hydrogen-bond donors (Lipinski definition) is 3. The van der Waals surface area contributed by atoms with Crippen LogP contribution in [-0.4, -0.2) is 18.9 Å². The third-order valence-electron chi connectivity index (χ3n) is 2.56. The van der Waals surface area contributed by atoms with Gasteiger partial charge in [0.15, 0.2) is 0 Å². The highest BCUT2D eigenvalue weighted by Gasteiger charge is 2.22. The fourth-order valence-corrected chi connectivity index (χ4v) is 3.27. The van der Waals surface area contributed by atoms with Crippen LogP contribution in [0, 0.1) is 0 Å². The van der Waals surface area contributed by atoms with Crippen LogP contribution in [0.25, 0.3) is 10.9 Å². The lowest BCUT2D eigenvalue weighted by atomic mass is 10.1. The first-order valence-electron chi connectivity index (χ1n) is 6.13. The van der Waals surface area contributed by atoms with Crippen LogP contribution in [0.15, 0.2) is 35.2 Å². The molecule has 0 aliphatic rings. The maximum absolute atomic E-state index is 12.3. The van der Waals surface area contributed by atoms with E-state index in [1.807, 2.05) is 0 Å². The number of fused-ring (bicyclic) bond motifs is 1. The first-order chi connectivity index (χ1) is 9.21. The van der Waals surface area contributed by atoms with Crippen molar-refractivity contribution in [3.05, 3.63) is 30.3 Å². The van der Waals surface area contributed by atoms with E-state index in [0.717, 1.165) is 5.39 Å². The zero-order chi connectivity index (χ0) is 15.0. The lowest BCUT2D eigenvalue weighted by molar-refractivity contribution is 0.491. The molecule has 0 radical (unpaired) electrons. The van der Waals surface area contributed by atoms with Gasteiger partial charge in [-0.1, -0.05) is 0 Å². The van der Waals surface area contributed by atoms with Crippen molar-refractivity contribution in [3.8, 4) is 0 Å². The van der Waals surface area contributed by atoms with Gasteiger partial charge in [-0.2, -0.15) is 0 Å². The number of hydrazine groups is 1. The second-order valence-electron chi connectivity index (χ2n) is 5.55. The van der Waals surface area contributed by atoms with Crippen molar-refractivity contribution in [2.75, 3.05) is 5.43 Å². The minimum atomic E-state index is -3.54. The molecule has 0 atom stereocenters. The minimum Gasteiger partial charge on any atom is -0.308 e. The highest BCUT2D eigenvalue weighted by molar-refractivity contribution is 7.89. The maximum atomic E-state index is 12.3. The number of anilines is 1. The summed E-state index contributed by atoms with van der Waals surface area (Å²) >= 11 is 0. The number of aromatic nitrogens is 1. The Morgan fingerprint density at radius 2 is 1.85 bits per heavy atom. The molecule has 0 saturated carbocycles. The Hall–Kier alpha value is -1.70. The number of nitrogens with zero attached hydrogens (tertiary/aromatic N) is 1. The van der Waals surface area contributed by atoms with Gasteiger partial charge in [0.1, 0.15) is 5.82 Å². The molecule has 4 N–H and O–H groups in total. The van der Waals surface area contributed by atoms with Gasteiger partial charge >= 0.3 is 0 Å². The van der Waals surface area contributed by atoms with E-state index in [-0.39, 0.29) is 4.90 Å². The molecule has 0 unspecified atom stereocenters. The molecular weight excluding hydrogens is 276 g/mol. The summed E-state index contributed by atoms with van der Waals surface area (Å²) in [6.07, 6.45) is 0. The van der Waals surface area contributed by atoms with Crippen molar-refractivity contribution in [2.24, 2.45) is 5.84 Å². The number of sulfonamides is 1. The molecule has 2 rings (SSSR count). The third-order valence-corrected chi connectivity index (χ3v) is 4.32. The second-order valence-corrected chi connectivity index (χ2v) is 7.23. The van der Waals surface area contributed by atoms with Crippen molar-refractivity contribution in [2.45, 2.75) is 31.2 Å². The Morgan fingerprint density at radius 3 is 2.45 bits per heavy atom. The zero-order valence-corrected chi connectivity index (χ0v) is 12.5. The third kappa shape index (κ3) is 3.24. The van der Waals surface area contributed by atoms with Crippen LogP contribution >= 0.6 is 0 Å². The van der Waals surface area contributed by atoms with Crippen LogP contribution in [-0.2, 0) is 10.0 Å². The number of nitrogen functional groups attached to an aromatic ring is 1. The van der Waals surface area contributed by atoms with E-state index in [1.165, 1.54) is 6.07 Å². The zero-order valence-electron chi connectivity index (χ0n) is 11.6. The van der Waals surface area contributed by atoms with Crippen LogP contribution in [0.1, 0.15) is 20.8 Å². The summed E-state index contributed by atoms with van der Waals surface area (Å²) in [6.45, 7) is 5.39. The molecule has 1 aromatic carbocycles. The number of rotatable bonds is 3. The highest BCUT2D eigenvalue weighted by Crippen LogP contribution is 2.20. The summed E-state index contributed by atoms with van der Waals surface area (Å²) in [7, 11) is -3.54. The largest absolute Gasteiger partial charge is 0.308 e. The normalized spacial score (nSPS) is 12.6. The molecule has 0 aliphatic carbocycles. The molecule has 0 amide bonds. The van der Waals surface area contributed by atoms with Crippen LogP contribution in [0.5, 0.6) is 0 Å². The van der Waals surface area contributed by atoms with Gasteiger partial charge in [-0.3, -0.25) is 0 Å². The van der Waals surface area contributed by atoms with Crippen LogP contribution < -0.4 is 16.0 Å². The molecule has 108 valence electrons. The van der Waals surface area contributed by atoms with Gasteiger partial charge in [0.05, 0.1) is 10.4 Å². The molecule has 0 fully saturated rings. The van der Waals surface area contributed by atoms with E-state index in [2.05, 4.69) is 15.1 Å². The summed E-state index contributed by atoms with van der Waals surface area (Å²) in [6, 6.07) is 8.25. The number of nitrogens with one attached hydrogen (secondary N) is 2. The number of pyridine rings is 1. The fraction of sp³-hybridized carbons (Fsp3) is 0.308. The van der Waals surface area contributed by atoms with Gasteiger partial charge in [-0.05, 0) is 51.1 Å². The summed E-state index contributed by atoms with van der Waals surface area (Å²) in [5.74, 6) is 5.82. The standard InChI is InChI=1S/C13H18N4O2S/c1-13(2,3)17-20(18,19)10-5-6-11-9(8-10)4-7-12(15-11)16-14/h4-8,17H,14H2,1-3H3,(H,15,16). The van der Waals surface area contributed by atoms with E-state index < -0.39 is 15.6 Å². The van der Waals surface area contributed by atoms with Crippen LogP contribution in [0.3, 0.4) is 0 Å². The van der Waals surface area contributed by atoms with Crippen molar-refractivity contribution in [3.63, 3.8) is 0 Å². The first kappa shape index (κ1) is 14.7. The van der Waals surface area contributed by atoms with Gasteiger partial charge in [0, 0.05) is 10.9 Å². The van der Waals surface area contributed by atoms with Crippen molar-refractivity contribution < 1.29 is 8.42 Å². The molecule has 7 heteroatoms. The lowest BCUT2D eigenvalue weighted by Crippen LogP contribution is -2.40. The SMILES string of the molecule is CC(C)(C)NS(=O)(=O)c1ccc2nc(NN)ccc2c1. The Kier molecular flexibility index (Phi) is 3.68. The molecular formula is C13H18N4O2S. The monoisotopic (exact) mass is 294 g/mol. The fourth-order valence-electron chi connectivity index (χ4n) is 1.81. The van der Waals surface area contributed by atoms with E-state index in [0.29, 0.717) is 11.3 Å². The van der Waals surface area contributed by atoms with Crippen molar-refractivity contribution >= 4 is 26.7 Å². The van der Waals surface area contributed by atoms with Crippen molar-refractivity contribution in [1.82, 2.24) is 9.71 Å². The average molecular weight is 294 g/mol. The molecule has 0 saturated heterocycles. The molecule has 1 aromatic heterocycles. The number of nitrogens with two attached hydrogens (primary N) is 1. The lowest BCUT2D eigenvalue weighted by Gasteiger charge is -2.20. The van der Waals surface area contributed by atoms with Gasteiger partial charge < -0.3 is 5.43 Å². The molecule has 6 nitrogen and oxygen atoms in total. The predicted octanol–water partition coefficient (Wildman–Crippen LogP) is 1.60. The Labute approximate surface area is 118 Å². The Balaban J connectivity index is 2.47. The molecule has 0 spiro atoms. The van der Waals surface area contributed by atoms with E-state index in [1.54, 1.807) is 45.0 Å². The number of hydrogen-bond acceptors (Lipinski definition) is 5. The second kappa shape index (κ2) is 5.01. The molecule has 1 heterocycles. The van der Waals surface area contributed by atoms with E-state index in [9.17, 15) is 8.42 Å². The highest BCUT2D eigenvalue weighted by atomic mass is 32.2. The Morgan fingerprint density at radius 1 is 1.15 bits per heavy atom. The average Bonchev–Trinajstić information content (AvgIpc) is 2.34. The molecule has 2 aromatic rings. The smallest absolute Gasteiger partial charge is 0.241 e. The summed E-state index contributed by atoms with van der Waals surface area (Å²) < 4.78 is 27.1. The van der Waals surface area contributed by atoms with Crippen LogP contribution in [0.4, 0.5) is 5.82 Å². The number of benzene rings is 1. The first-order valence-corrected chi connectivity index (χ1v) is 7.61. The summed E-state index contributed by atoms with van der Waals surface area (Å²) in [5.41, 5.74) is 2.60. The van der Waals surface area contributed by atoms with Crippen molar-refractivity contribution in [1.29, 1.82) is 0 Å². The Bertz CT molecular complexity index is 736. The molecule has 0 bridgehead atoms. The topological polar surface area (TPSA) is 97.1 Å². The van der Waals surface area contributed by atoms with Gasteiger partial charge in [0.2, 0.25) is 10.0 Å². The quantitative estimate of drug-likeness (QED) is 0.590. The maximum Gasteiger partial charge on any atom is 0.241 e. The minimum absolute atomic E-state index is 0.218. The van der Waals surface area contributed by atoms with E-state index >= 15 is 0 Å². The van der Waals surface area contributed by atoms with Gasteiger partial charge in [-0.15, -0.1) is 0 Å². The molecule has 0 aliphatic heterocycles. The summed E-state index contributed by atoms with van der Waals surface area (Å²) in [5, 5.41) is 0.737. The van der Waals surface area contributed by atoms with Crippen LogP contribution in [0.2, 0.25) is 0 Å². The van der Waals surface area contributed by atoms with Gasteiger partial charge in [0.25, 0.3) is 0 Å². The predicted molar refractivity (Wildman–Crippen MR) is 79.6 cm³/mol. The van der Waals surface area contributed by atoms with E-state index in [4.69, 9.17) is 5.84 Å².